The molecule has 0 aliphatic rings. The van der Waals surface area contributed by atoms with E-state index >= 15 is 0 Å². The highest BCUT2D eigenvalue weighted by Gasteiger charge is 2.33. The first-order valence-electron chi connectivity index (χ1n) is 5.45. The average molecular weight is 247 g/mol. The van der Waals surface area contributed by atoms with Gasteiger partial charge >= 0.3 is 6.18 Å². The minimum Gasteiger partial charge on any atom is -0.491 e. The van der Waals surface area contributed by atoms with Crippen LogP contribution in [0.3, 0.4) is 0 Å². The van der Waals surface area contributed by atoms with Crippen LogP contribution in [-0.4, -0.2) is 6.10 Å². The molecule has 1 aromatic carbocycles. The van der Waals surface area contributed by atoms with Crippen LogP contribution >= 0.6 is 0 Å². The molecule has 0 spiro atoms. The predicted octanol–water partition coefficient (Wildman–Crippen LogP) is 3.34. The molecule has 0 fully saturated rings. The Bertz CT molecular complexity index is 377. The summed E-state index contributed by atoms with van der Waals surface area (Å²) < 4.78 is 43.5. The highest BCUT2D eigenvalue weighted by Crippen LogP contribution is 2.34. The van der Waals surface area contributed by atoms with Crippen molar-refractivity contribution in [2.45, 2.75) is 39.1 Å². The Morgan fingerprint density at radius 1 is 1.35 bits per heavy atom. The van der Waals surface area contributed by atoms with Crippen molar-refractivity contribution >= 4 is 0 Å². The molecule has 0 amide bonds. The molecule has 96 valence electrons. The van der Waals surface area contributed by atoms with Crippen molar-refractivity contribution in [1.29, 1.82) is 0 Å². The van der Waals surface area contributed by atoms with E-state index < -0.39 is 11.7 Å². The molecule has 1 aromatic rings. The minimum atomic E-state index is -4.40. The fraction of sp³-hybridized carbons (Fsp3) is 0.500. The molecular formula is C12H16F3NO. The van der Waals surface area contributed by atoms with Crippen molar-refractivity contribution in [1.82, 2.24) is 0 Å². The highest BCUT2D eigenvalue weighted by atomic mass is 19.4. The van der Waals surface area contributed by atoms with Crippen LogP contribution in [-0.2, 0) is 12.7 Å². The Kier molecular flexibility index (Phi) is 4.40. The molecule has 0 aliphatic heterocycles. The normalized spacial score (nSPS) is 13.5. The highest BCUT2D eigenvalue weighted by molar-refractivity contribution is 5.37. The van der Waals surface area contributed by atoms with Crippen molar-refractivity contribution < 1.29 is 17.9 Å². The summed E-state index contributed by atoms with van der Waals surface area (Å²) in [5, 5.41) is 0. The standard InChI is InChI=1S/C12H16F3NO/c1-3-8(2)17-10-5-4-9(7-16)11(6-10)12(13,14)15/h4-6,8H,3,7,16H2,1-2H3. The van der Waals surface area contributed by atoms with Gasteiger partial charge in [-0.25, -0.2) is 0 Å². The zero-order valence-electron chi connectivity index (χ0n) is 9.84. The number of hydrogen-bond donors (Lipinski definition) is 1. The van der Waals surface area contributed by atoms with E-state index in [0.717, 1.165) is 12.5 Å². The van der Waals surface area contributed by atoms with Gasteiger partial charge in [0, 0.05) is 6.54 Å². The SMILES string of the molecule is CCC(C)Oc1ccc(CN)c(C(F)(F)F)c1. The van der Waals surface area contributed by atoms with E-state index in [0.29, 0.717) is 0 Å². The maximum absolute atomic E-state index is 12.7. The van der Waals surface area contributed by atoms with Gasteiger partial charge in [-0.3, -0.25) is 0 Å². The Labute approximate surface area is 98.6 Å². The molecule has 2 nitrogen and oxygen atoms in total. The largest absolute Gasteiger partial charge is 0.491 e. The third-order valence-electron chi connectivity index (χ3n) is 2.52. The van der Waals surface area contributed by atoms with E-state index in [1.165, 1.54) is 12.1 Å². The molecule has 0 saturated carbocycles. The summed E-state index contributed by atoms with van der Waals surface area (Å²) in [5.41, 5.74) is 4.64. The van der Waals surface area contributed by atoms with E-state index in [4.69, 9.17) is 10.5 Å². The van der Waals surface area contributed by atoms with E-state index in [-0.39, 0.29) is 24.0 Å². The first kappa shape index (κ1) is 13.8. The Hall–Kier alpha value is -1.23. The predicted molar refractivity (Wildman–Crippen MR) is 59.7 cm³/mol. The van der Waals surface area contributed by atoms with Crippen LogP contribution < -0.4 is 10.5 Å². The summed E-state index contributed by atoms with van der Waals surface area (Å²) in [6.45, 7) is 3.58. The van der Waals surface area contributed by atoms with Gasteiger partial charge in [-0.05, 0) is 31.0 Å². The topological polar surface area (TPSA) is 35.2 Å². The molecule has 1 rings (SSSR count). The molecule has 0 radical (unpaired) electrons. The van der Waals surface area contributed by atoms with Gasteiger partial charge < -0.3 is 10.5 Å². The van der Waals surface area contributed by atoms with Gasteiger partial charge in [-0.1, -0.05) is 13.0 Å². The Morgan fingerprint density at radius 2 is 2.00 bits per heavy atom. The van der Waals surface area contributed by atoms with Gasteiger partial charge in [0.1, 0.15) is 5.75 Å². The van der Waals surface area contributed by atoms with Crippen LogP contribution in [0, 0.1) is 0 Å². The van der Waals surface area contributed by atoms with Crippen LogP contribution in [0.2, 0.25) is 0 Å². The lowest BCUT2D eigenvalue weighted by molar-refractivity contribution is -0.138. The zero-order valence-corrected chi connectivity index (χ0v) is 9.84. The quantitative estimate of drug-likeness (QED) is 0.885. The molecule has 0 saturated heterocycles. The number of benzene rings is 1. The van der Waals surface area contributed by atoms with Gasteiger partial charge in [0.25, 0.3) is 0 Å². The van der Waals surface area contributed by atoms with Crippen molar-refractivity contribution in [3.63, 3.8) is 0 Å². The van der Waals surface area contributed by atoms with Crippen LogP contribution in [0.15, 0.2) is 18.2 Å². The smallest absolute Gasteiger partial charge is 0.416 e. The minimum absolute atomic E-state index is 0.0778. The van der Waals surface area contributed by atoms with Crippen molar-refractivity contribution in [3.05, 3.63) is 29.3 Å². The summed E-state index contributed by atoms with van der Waals surface area (Å²) >= 11 is 0. The maximum Gasteiger partial charge on any atom is 0.416 e. The van der Waals surface area contributed by atoms with Gasteiger partial charge in [0.2, 0.25) is 0 Å². The summed E-state index contributed by atoms with van der Waals surface area (Å²) in [6, 6.07) is 3.89. The average Bonchev–Trinajstić information content (AvgIpc) is 2.27. The summed E-state index contributed by atoms with van der Waals surface area (Å²) in [5.74, 6) is 0.226. The number of halogens is 3. The van der Waals surface area contributed by atoms with E-state index in [1.807, 2.05) is 13.8 Å². The third kappa shape index (κ3) is 3.63. The number of hydrogen-bond acceptors (Lipinski definition) is 2. The van der Waals surface area contributed by atoms with Crippen LogP contribution in [0.4, 0.5) is 13.2 Å². The fourth-order valence-corrected chi connectivity index (χ4v) is 1.39. The lowest BCUT2D eigenvalue weighted by Gasteiger charge is -2.16. The van der Waals surface area contributed by atoms with Gasteiger partial charge in [-0.15, -0.1) is 0 Å². The van der Waals surface area contributed by atoms with Gasteiger partial charge in [-0.2, -0.15) is 13.2 Å². The van der Waals surface area contributed by atoms with E-state index in [2.05, 4.69) is 0 Å². The Balaban J connectivity index is 3.05. The molecule has 0 aromatic heterocycles. The number of rotatable bonds is 4. The van der Waals surface area contributed by atoms with Crippen molar-refractivity contribution in [2.24, 2.45) is 5.73 Å². The molecular weight excluding hydrogens is 231 g/mol. The maximum atomic E-state index is 12.7. The monoisotopic (exact) mass is 247 g/mol. The third-order valence-corrected chi connectivity index (χ3v) is 2.52. The second-order valence-electron chi connectivity index (χ2n) is 3.86. The lowest BCUT2D eigenvalue weighted by atomic mass is 10.1. The summed E-state index contributed by atoms with van der Waals surface area (Å²) in [6.07, 6.45) is -3.77. The molecule has 0 bridgehead atoms. The molecule has 0 heterocycles. The fourth-order valence-electron chi connectivity index (χ4n) is 1.39. The van der Waals surface area contributed by atoms with Crippen LogP contribution in [0.25, 0.3) is 0 Å². The first-order chi connectivity index (χ1) is 7.88. The molecule has 1 atom stereocenters. The van der Waals surface area contributed by atoms with Crippen LogP contribution in [0.5, 0.6) is 5.75 Å². The van der Waals surface area contributed by atoms with E-state index in [9.17, 15) is 13.2 Å². The molecule has 17 heavy (non-hydrogen) atoms. The van der Waals surface area contributed by atoms with Gasteiger partial charge in [0.15, 0.2) is 0 Å². The van der Waals surface area contributed by atoms with E-state index in [1.54, 1.807) is 0 Å². The lowest BCUT2D eigenvalue weighted by Crippen LogP contribution is -2.14. The Morgan fingerprint density at radius 3 is 2.47 bits per heavy atom. The van der Waals surface area contributed by atoms with Crippen molar-refractivity contribution in [3.8, 4) is 5.75 Å². The number of ether oxygens (including phenoxy) is 1. The second-order valence-corrected chi connectivity index (χ2v) is 3.86. The summed E-state index contributed by atoms with van der Waals surface area (Å²) in [4.78, 5) is 0. The second kappa shape index (κ2) is 5.40. The molecule has 1 unspecified atom stereocenters. The van der Waals surface area contributed by atoms with Gasteiger partial charge in [0.05, 0.1) is 11.7 Å². The number of nitrogens with two attached hydrogens (primary N) is 1. The summed E-state index contributed by atoms with van der Waals surface area (Å²) in [7, 11) is 0. The van der Waals surface area contributed by atoms with Crippen molar-refractivity contribution in [2.75, 3.05) is 0 Å². The number of alkyl halides is 3. The molecule has 5 heteroatoms. The van der Waals surface area contributed by atoms with Crippen LogP contribution in [0.1, 0.15) is 31.4 Å². The molecule has 2 N–H and O–H groups in total. The first-order valence-corrected chi connectivity index (χ1v) is 5.45. The zero-order chi connectivity index (χ0) is 13.1. The molecule has 0 aliphatic carbocycles.